The third kappa shape index (κ3) is 3.20. The minimum absolute atomic E-state index is 0.0385. The molecule has 1 aromatic heterocycles. The molecule has 0 spiro atoms. The fourth-order valence-corrected chi connectivity index (χ4v) is 2.97. The van der Waals surface area contributed by atoms with Crippen molar-refractivity contribution in [1.29, 1.82) is 0 Å². The quantitative estimate of drug-likeness (QED) is 0.833. The Morgan fingerprint density at radius 1 is 1.35 bits per heavy atom. The third-order valence-corrected chi connectivity index (χ3v) is 4.27. The van der Waals surface area contributed by atoms with Crippen LogP contribution in [0.1, 0.15) is 55.4 Å². The summed E-state index contributed by atoms with van der Waals surface area (Å²) in [5.74, 6) is -0.0385. The normalized spacial score (nSPS) is 16.0. The number of carbonyl (C=O) groups excluding carboxylic acids is 1. The number of aromatic amines is 1. The van der Waals surface area contributed by atoms with Crippen LogP contribution in [0.15, 0.2) is 0 Å². The van der Waals surface area contributed by atoms with Gasteiger partial charge in [-0.3, -0.25) is 14.8 Å². The molecule has 0 aromatic carbocycles. The average molecular weight is 278 g/mol. The second-order valence-corrected chi connectivity index (χ2v) is 5.52. The van der Waals surface area contributed by atoms with Gasteiger partial charge in [-0.25, -0.2) is 0 Å². The Morgan fingerprint density at radius 2 is 2.05 bits per heavy atom. The van der Waals surface area contributed by atoms with Crippen LogP contribution in [0.25, 0.3) is 0 Å². The van der Waals surface area contributed by atoms with Gasteiger partial charge in [0.2, 0.25) is 0 Å². The smallest absolute Gasteiger partial charge is 0.272 e. The van der Waals surface area contributed by atoms with E-state index in [0.29, 0.717) is 18.3 Å². The first-order chi connectivity index (χ1) is 9.67. The van der Waals surface area contributed by atoms with E-state index in [1.165, 1.54) is 6.42 Å². The fraction of sp³-hybridized carbons (Fsp3) is 0.733. The van der Waals surface area contributed by atoms with Gasteiger partial charge < -0.3 is 5.32 Å². The zero-order chi connectivity index (χ0) is 14.5. The second kappa shape index (κ2) is 6.88. The summed E-state index contributed by atoms with van der Waals surface area (Å²) in [7, 11) is 0. The first-order valence-electron chi connectivity index (χ1n) is 7.75. The summed E-state index contributed by atoms with van der Waals surface area (Å²) in [6, 6.07) is 0.351. The minimum Gasteiger partial charge on any atom is -0.349 e. The largest absolute Gasteiger partial charge is 0.349 e. The van der Waals surface area contributed by atoms with E-state index in [-0.39, 0.29) is 5.91 Å². The van der Waals surface area contributed by atoms with Gasteiger partial charge in [-0.05, 0) is 45.7 Å². The first-order valence-corrected chi connectivity index (χ1v) is 7.75. The SMILES string of the molecule is CCN(CC)C(C)CNC(=O)c1n[nH]c2c1CCCC2. The van der Waals surface area contributed by atoms with Crippen molar-refractivity contribution in [2.45, 2.75) is 52.5 Å². The molecule has 20 heavy (non-hydrogen) atoms. The van der Waals surface area contributed by atoms with Gasteiger partial charge in [0.15, 0.2) is 5.69 Å². The van der Waals surface area contributed by atoms with Crippen molar-refractivity contribution in [3.63, 3.8) is 0 Å². The molecule has 5 nitrogen and oxygen atoms in total. The third-order valence-electron chi connectivity index (χ3n) is 4.27. The number of hydrogen-bond acceptors (Lipinski definition) is 3. The van der Waals surface area contributed by atoms with Crippen LogP contribution in [0.4, 0.5) is 0 Å². The molecule has 0 radical (unpaired) electrons. The highest BCUT2D eigenvalue weighted by atomic mass is 16.1. The number of carbonyl (C=O) groups is 1. The van der Waals surface area contributed by atoms with Crippen LogP contribution in [-0.2, 0) is 12.8 Å². The fourth-order valence-electron chi connectivity index (χ4n) is 2.97. The highest BCUT2D eigenvalue weighted by Gasteiger charge is 2.22. The van der Waals surface area contributed by atoms with Crippen LogP contribution in [0.2, 0.25) is 0 Å². The molecule has 0 bridgehead atoms. The molecule has 1 unspecified atom stereocenters. The summed E-state index contributed by atoms with van der Waals surface area (Å²) >= 11 is 0. The molecular formula is C15H26N4O. The minimum atomic E-state index is -0.0385. The van der Waals surface area contributed by atoms with Gasteiger partial charge in [0.25, 0.3) is 5.91 Å². The Morgan fingerprint density at radius 3 is 2.75 bits per heavy atom. The van der Waals surface area contributed by atoms with Gasteiger partial charge in [-0.2, -0.15) is 5.10 Å². The zero-order valence-corrected chi connectivity index (χ0v) is 12.8. The van der Waals surface area contributed by atoms with Crippen molar-refractivity contribution in [1.82, 2.24) is 20.4 Å². The number of fused-ring (bicyclic) bond motifs is 1. The van der Waals surface area contributed by atoms with E-state index in [0.717, 1.165) is 43.6 Å². The van der Waals surface area contributed by atoms with E-state index in [9.17, 15) is 4.79 Å². The zero-order valence-electron chi connectivity index (χ0n) is 12.8. The molecule has 2 N–H and O–H groups in total. The van der Waals surface area contributed by atoms with Crippen LogP contribution in [0.5, 0.6) is 0 Å². The molecule has 1 amide bonds. The molecule has 112 valence electrons. The number of nitrogens with zero attached hydrogens (tertiary/aromatic N) is 2. The van der Waals surface area contributed by atoms with E-state index < -0.39 is 0 Å². The molecule has 1 aliphatic carbocycles. The molecular weight excluding hydrogens is 252 g/mol. The van der Waals surface area contributed by atoms with Crippen LogP contribution < -0.4 is 5.32 Å². The number of aryl methyl sites for hydroxylation is 1. The van der Waals surface area contributed by atoms with Crippen LogP contribution in [0.3, 0.4) is 0 Å². The predicted molar refractivity (Wildman–Crippen MR) is 79.9 cm³/mol. The molecule has 0 fully saturated rings. The Hall–Kier alpha value is -1.36. The Balaban J connectivity index is 1.94. The number of likely N-dealkylation sites (N-methyl/N-ethyl adjacent to an activating group) is 1. The topological polar surface area (TPSA) is 61.0 Å². The Kier molecular flexibility index (Phi) is 5.17. The second-order valence-electron chi connectivity index (χ2n) is 5.52. The maximum absolute atomic E-state index is 12.3. The van der Waals surface area contributed by atoms with Crippen molar-refractivity contribution in [3.05, 3.63) is 17.0 Å². The lowest BCUT2D eigenvalue weighted by Gasteiger charge is -2.26. The first kappa shape index (κ1) is 15.0. The maximum atomic E-state index is 12.3. The molecule has 1 atom stereocenters. The van der Waals surface area contributed by atoms with Gasteiger partial charge in [0.1, 0.15) is 0 Å². The molecule has 2 rings (SSSR count). The summed E-state index contributed by atoms with van der Waals surface area (Å²) in [6.45, 7) is 9.12. The lowest BCUT2D eigenvalue weighted by atomic mass is 9.96. The molecule has 1 heterocycles. The average Bonchev–Trinajstić information content (AvgIpc) is 2.90. The van der Waals surface area contributed by atoms with E-state index in [1.807, 2.05) is 0 Å². The molecule has 0 saturated carbocycles. The Labute approximate surface area is 121 Å². The number of aromatic nitrogens is 2. The molecule has 1 aliphatic rings. The predicted octanol–water partition coefficient (Wildman–Crippen LogP) is 1.75. The Bertz CT molecular complexity index is 451. The molecule has 1 aromatic rings. The molecule has 0 saturated heterocycles. The van der Waals surface area contributed by atoms with Crippen molar-refractivity contribution < 1.29 is 4.79 Å². The highest BCUT2D eigenvalue weighted by molar-refractivity contribution is 5.94. The number of hydrogen-bond donors (Lipinski definition) is 2. The van der Waals surface area contributed by atoms with Crippen molar-refractivity contribution >= 4 is 5.91 Å². The van der Waals surface area contributed by atoms with Crippen LogP contribution in [0, 0.1) is 0 Å². The van der Waals surface area contributed by atoms with Crippen molar-refractivity contribution in [3.8, 4) is 0 Å². The number of nitrogens with one attached hydrogen (secondary N) is 2. The summed E-state index contributed by atoms with van der Waals surface area (Å²) in [5, 5.41) is 10.2. The highest BCUT2D eigenvalue weighted by Crippen LogP contribution is 2.21. The van der Waals surface area contributed by atoms with Crippen LogP contribution in [-0.4, -0.2) is 46.7 Å². The lowest BCUT2D eigenvalue weighted by Crippen LogP contribution is -2.42. The summed E-state index contributed by atoms with van der Waals surface area (Å²) in [5.41, 5.74) is 2.88. The number of H-pyrrole nitrogens is 1. The van der Waals surface area contributed by atoms with Crippen molar-refractivity contribution in [2.75, 3.05) is 19.6 Å². The van der Waals surface area contributed by atoms with E-state index >= 15 is 0 Å². The van der Waals surface area contributed by atoms with Gasteiger partial charge in [0.05, 0.1) is 0 Å². The van der Waals surface area contributed by atoms with Crippen molar-refractivity contribution in [2.24, 2.45) is 0 Å². The number of amides is 1. The van der Waals surface area contributed by atoms with Crippen LogP contribution >= 0.6 is 0 Å². The van der Waals surface area contributed by atoms with Gasteiger partial charge in [0, 0.05) is 23.8 Å². The van der Waals surface area contributed by atoms with E-state index in [1.54, 1.807) is 0 Å². The standard InChI is InChI=1S/C15H26N4O/c1-4-19(5-2)11(3)10-16-15(20)14-12-8-6-7-9-13(12)17-18-14/h11H,4-10H2,1-3H3,(H,16,20)(H,17,18). The summed E-state index contributed by atoms with van der Waals surface area (Å²) in [4.78, 5) is 14.6. The van der Waals surface area contributed by atoms with Gasteiger partial charge in [-0.15, -0.1) is 0 Å². The summed E-state index contributed by atoms with van der Waals surface area (Å²) in [6.07, 6.45) is 4.34. The van der Waals surface area contributed by atoms with E-state index in [2.05, 4.69) is 41.2 Å². The lowest BCUT2D eigenvalue weighted by molar-refractivity contribution is 0.0932. The molecule has 5 heteroatoms. The maximum Gasteiger partial charge on any atom is 0.272 e. The van der Waals surface area contributed by atoms with Gasteiger partial charge >= 0.3 is 0 Å². The summed E-state index contributed by atoms with van der Waals surface area (Å²) < 4.78 is 0. The molecule has 0 aliphatic heterocycles. The van der Waals surface area contributed by atoms with Gasteiger partial charge in [-0.1, -0.05) is 13.8 Å². The monoisotopic (exact) mass is 278 g/mol. The number of rotatable bonds is 6. The van der Waals surface area contributed by atoms with E-state index in [4.69, 9.17) is 0 Å².